The predicted molar refractivity (Wildman–Crippen MR) is 71.7 cm³/mol. The molecule has 0 fully saturated rings. The molecule has 17 heavy (non-hydrogen) atoms. The maximum Gasteiger partial charge on any atom is 0.115 e. The summed E-state index contributed by atoms with van der Waals surface area (Å²) in [5.41, 5.74) is 1.45. The van der Waals surface area contributed by atoms with E-state index in [1.807, 2.05) is 0 Å². The first-order chi connectivity index (χ1) is 8.42. The van der Waals surface area contributed by atoms with E-state index < -0.39 is 0 Å². The van der Waals surface area contributed by atoms with Gasteiger partial charge in [0.25, 0.3) is 0 Å². The third kappa shape index (κ3) is 3.65. The molecular formula is C15H27NO. The lowest BCUT2D eigenvalue weighted by atomic mass is 9.93. The lowest BCUT2D eigenvalue weighted by Gasteiger charge is -2.28. The molecule has 2 rings (SSSR count). The first kappa shape index (κ1) is 12.8. The average molecular weight is 237 g/mol. The highest BCUT2D eigenvalue weighted by molar-refractivity contribution is 5.13. The fourth-order valence-corrected chi connectivity index (χ4v) is 3.05. The van der Waals surface area contributed by atoms with Crippen LogP contribution in [0.2, 0.25) is 0 Å². The first-order valence-electron chi connectivity index (χ1n) is 7.51. The van der Waals surface area contributed by atoms with Gasteiger partial charge in [0.15, 0.2) is 0 Å². The number of hydrogen-bond acceptors (Lipinski definition) is 2. The lowest BCUT2D eigenvalue weighted by Crippen LogP contribution is -2.31. The molecular weight excluding hydrogens is 210 g/mol. The normalized spacial score (nSPS) is 27.5. The third-order valence-corrected chi connectivity index (χ3v) is 4.10. The smallest absolute Gasteiger partial charge is 0.115 e. The molecule has 2 nitrogen and oxygen atoms in total. The monoisotopic (exact) mass is 237 g/mol. The molecule has 0 aromatic rings. The summed E-state index contributed by atoms with van der Waals surface area (Å²) in [6.07, 6.45) is 12.0. The van der Waals surface area contributed by atoms with Gasteiger partial charge in [-0.2, -0.15) is 0 Å². The van der Waals surface area contributed by atoms with Gasteiger partial charge in [0.2, 0.25) is 0 Å². The lowest BCUT2D eigenvalue weighted by molar-refractivity contribution is 0.170. The van der Waals surface area contributed by atoms with E-state index in [4.69, 9.17) is 4.74 Å². The average Bonchev–Trinajstić information content (AvgIpc) is 2.42. The van der Waals surface area contributed by atoms with Crippen LogP contribution >= 0.6 is 0 Å². The zero-order valence-corrected chi connectivity index (χ0v) is 11.3. The number of hydrogen-bond donors (Lipinski definition) is 1. The van der Waals surface area contributed by atoms with Crippen LogP contribution in [0.5, 0.6) is 0 Å². The maximum atomic E-state index is 5.90. The van der Waals surface area contributed by atoms with E-state index >= 15 is 0 Å². The van der Waals surface area contributed by atoms with E-state index in [0.717, 1.165) is 19.6 Å². The van der Waals surface area contributed by atoms with E-state index in [-0.39, 0.29) is 0 Å². The topological polar surface area (TPSA) is 21.3 Å². The van der Waals surface area contributed by atoms with E-state index in [1.165, 1.54) is 62.8 Å². The van der Waals surface area contributed by atoms with Crippen molar-refractivity contribution in [2.45, 2.75) is 64.7 Å². The summed E-state index contributed by atoms with van der Waals surface area (Å²) in [5, 5.41) is 3.61. The molecule has 2 heteroatoms. The van der Waals surface area contributed by atoms with E-state index in [2.05, 4.69) is 12.2 Å². The molecule has 0 saturated heterocycles. The molecule has 0 saturated carbocycles. The molecule has 1 unspecified atom stereocenters. The predicted octanol–water partition coefficient (Wildman–Crippen LogP) is 3.98. The van der Waals surface area contributed by atoms with Crippen molar-refractivity contribution in [2.75, 3.05) is 13.2 Å². The Morgan fingerprint density at radius 1 is 1.12 bits per heavy atom. The molecule has 2 aliphatic rings. The number of allylic oxidation sites excluding steroid dienone is 2. The summed E-state index contributed by atoms with van der Waals surface area (Å²) in [6, 6.07) is 0. The molecule has 0 aromatic carbocycles. The molecule has 0 bridgehead atoms. The van der Waals surface area contributed by atoms with E-state index in [0.29, 0.717) is 5.92 Å². The van der Waals surface area contributed by atoms with Gasteiger partial charge < -0.3 is 10.1 Å². The Balaban J connectivity index is 2.08. The van der Waals surface area contributed by atoms with Crippen LogP contribution in [0.1, 0.15) is 64.7 Å². The van der Waals surface area contributed by atoms with Crippen LogP contribution < -0.4 is 5.32 Å². The Kier molecular flexibility index (Phi) is 5.21. The molecule has 1 aliphatic heterocycles. The standard InChI is InChI=1S/C15H27NO/c1-2-13-9-7-5-3-4-6-8-10-14-15(13)16-11-12-17-14/h13,16H,2-12H2,1H3. The highest BCUT2D eigenvalue weighted by Gasteiger charge is 2.21. The van der Waals surface area contributed by atoms with E-state index in [9.17, 15) is 0 Å². The molecule has 98 valence electrons. The van der Waals surface area contributed by atoms with Crippen molar-refractivity contribution < 1.29 is 4.74 Å². The minimum atomic E-state index is 0.711. The van der Waals surface area contributed by atoms with Gasteiger partial charge in [0.05, 0.1) is 5.70 Å². The van der Waals surface area contributed by atoms with Crippen molar-refractivity contribution in [3.8, 4) is 0 Å². The second kappa shape index (κ2) is 6.93. The molecule has 0 aromatic heterocycles. The van der Waals surface area contributed by atoms with Gasteiger partial charge in [0, 0.05) is 18.9 Å². The van der Waals surface area contributed by atoms with Crippen molar-refractivity contribution in [2.24, 2.45) is 5.92 Å². The first-order valence-corrected chi connectivity index (χ1v) is 7.51. The quantitative estimate of drug-likeness (QED) is 0.745. The summed E-state index contributed by atoms with van der Waals surface area (Å²) in [5.74, 6) is 1.99. The molecule has 0 radical (unpaired) electrons. The van der Waals surface area contributed by atoms with Crippen LogP contribution in [0, 0.1) is 5.92 Å². The van der Waals surface area contributed by atoms with Crippen LogP contribution in [0.25, 0.3) is 0 Å². The zero-order valence-electron chi connectivity index (χ0n) is 11.3. The van der Waals surface area contributed by atoms with E-state index in [1.54, 1.807) is 0 Å². The van der Waals surface area contributed by atoms with Crippen molar-refractivity contribution in [1.29, 1.82) is 0 Å². The van der Waals surface area contributed by atoms with Crippen LogP contribution in [-0.4, -0.2) is 13.2 Å². The fourth-order valence-electron chi connectivity index (χ4n) is 3.05. The second-order valence-electron chi connectivity index (χ2n) is 5.38. The molecule has 0 amide bonds. The summed E-state index contributed by atoms with van der Waals surface area (Å²) in [6.45, 7) is 4.16. The maximum absolute atomic E-state index is 5.90. The van der Waals surface area contributed by atoms with Gasteiger partial charge in [-0.15, -0.1) is 0 Å². The molecule has 0 spiro atoms. The molecule has 1 atom stereocenters. The molecule has 1 heterocycles. The van der Waals surface area contributed by atoms with Crippen molar-refractivity contribution in [3.63, 3.8) is 0 Å². The van der Waals surface area contributed by atoms with Gasteiger partial charge in [-0.05, 0) is 19.3 Å². The van der Waals surface area contributed by atoms with Crippen molar-refractivity contribution >= 4 is 0 Å². The van der Waals surface area contributed by atoms with Crippen LogP contribution in [0.4, 0.5) is 0 Å². The van der Waals surface area contributed by atoms with Gasteiger partial charge in [-0.1, -0.05) is 39.0 Å². The van der Waals surface area contributed by atoms with Gasteiger partial charge in [-0.3, -0.25) is 0 Å². The summed E-state index contributed by atoms with van der Waals surface area (Å²) >= 11 is 0. The Morgan fingerprint density at radius 2 is 1.88 bits per heavy atom. The summed E-state index contributed by atoms with van der Waals surface area (Å²) in [7, 11) is 0. The Hall–Kier alpha value is -0.660. The van der Waals surface area contributed by atoms with Gasteiger partial charge in [-0.25, -0.2) is 0 Å². The Morgan fingerprint density at radius 3 is 2.71 bits per heavy atom. The minimum absolute atomic E-state index is 0.711. The fraction of sp³-hybridized carbons (Fsp3) is 0.867. The largest absolute Gasteiger partial charge is 0.494 e. The number of ether oxygens (including phenoxy) is 1. The zero-order chi connectivity index (χ0) is 11.9. The Bertz CT molecular complexity index is 260. The minimum Gasteiger partial charge on any atom is -0.494 e. The molecule has 1 aliphatic carbocycles. The summed E-state index contributed by atoms with van der Waals surface area (Å²) < 4.78 is 5.90. The van der Waals surface area contributed by atoms with Crippen LogP contribution in [0.3, 0.4) is 0 Å². The Labute approximate surface area is 106 Å². The third-order valence-electron chi connectivity index (χ3n) is 4.10. The SMILES string of the molecule is CCC1CCCCCCCCC2=C1NCCO2. The molecule has 1 N–H and O–H groups in total. The van der Waals surface area contributed by atoms with Gasteiger partial charge in [0.1, 0.15) is 12.4 Å². The van der Waals surface area contributed by atoms with Crippen LogP contribution in [0.15, 0.2) is 11.5 Å². The van der Waals surface area contributed by atoms with Crippen molar-refractivity contribution in [1.82, 2.24) is 5.32 Å². The highest BCUT2D eigenvalue weighted by Crippen LogP contribution is 2.29. The number of rotatable bonds is 1. The highest BCUT2D eigenvalue weighted by atomic mass is 16.5. The number of nitrogens with one attached hydrogen (secondary N) is 1. The van der Waals surface area contributed by atoms with Crippen molar-refractivity contribution in [3.05, 3.63) is 11.5 Å². The summed E-state index contributed by atoms with van der Waals surface area (Å²) in [4.78, 5) is 0. The second-order valence-corrected chi connectivity index (χ2v) is 5.38. The van der Waals surface area contributed by atoms with Crippen LogP contribution in [-0.2, 0) is 4.74 Å². The van der Waals surface area contributed by atoms with Gasteiger partial charge >= 0.3 is 0 Å².